The van der Waals surface area contributed by atoms with Crippen LogP contribution in [0.15, 0.2) is 18.2 Å². The molecule has 5 nitrogen and oxygen atoms in total. The Morgan fingerprint density at radius 2 is 2.11 bits per heavy atom. The molecule has 0 unspecified atom stereocenters. The maximum absolute atomic E-state index is 11.9. The van der Waals surface area contributed by atoms with Crippen molar-refractivity contribution < 1.29 is 9.53 Å². The van der Waals surface area contributed by atoms with E-state index in [1.807, 2.05) is 14.1 Å². The van der Waals surface area contributed by atoms with E-state index in [-0.39, 0.29) is 0 Å². The number of carbonyl (C=O) groups is 1. The van der Waals surface area contributed by atoms with Crippen molar-refractivity contribution in [1.29, 1.82) is 0 Å². The molecule has 1 heterocycles. The summed E-state index contributed by atoms with van der Waals surface area (Å²) in [7, 11) is 3.98. The molecule has 0 aliphatic heterocycles. The van der Waals surface area contributed by atoms with Crippen LogP contribution in [-0.2, 0) is 4.74 Å². The quantitative estimate of drug-likeness (QED) is 0.754. The van der Waals surface area contributed by atoms with E-state index in [4.69, 9.17) is 16.3 Å². The number of rotatable bonds is 6. The fourth-order valence-electron chi connectivity index (χ4n) is 1.59. The smallest absolute Gasteiger partial charge is 0.415 e. The van der Waals surface area contributed by atoms with Gasteiger partial charge in [0.2, 0.25) is 0 Å². The average molecular weight is 286 g/mol. The van der Waals surface area contributed by atoms with E-state index in [0.29, 0.717) is 24.1 Å². The number of hydrogen-bond acceptors (Lipinski definition) is 4. The van der Waals surface area contributed by atoms with Gasteiger partial charge in [-0.05, 0) is 46.1 Å². The molecule has 0 aromatic carbocycles. The van der Waals surface area contributed by atoms with Crippen LogP contribution in [0, 0.1) is 0 Å². The molecule has 0 saturated carbocycles. The molecule has 0 saturated heterocycles. The lowest BCUT2D eigenvalue weighted by Gasteiger charge is -2.21. The number of carbonyl (C=O) groups excluding carboxylic acids is 1. The molecule has 0 aliphatic rings. The Labute approximate surface area is 119 Å². The van der Waals surface area contributed by atoms with Crippen molar-refractivity contribution in [3.8, 4) is 0 Å². The summed E-state index contributed by atoms with van der Waals surface area (Å²) in [5.74, 6) is 0.518. The van der Waals surface area contributed by atoms with Gasteiger partial charge in [-0.2, -0.15) is 0 Å². The number of pyridine rings is 1. The minimum Gasteiger partial charge on any atom is -0.449 e. The zero-order valence-electron chi connectivity index (χ0n) is 11.6. The summed E-state index contributed by atoms with van der Waals surface area (Å²) in [6.45, 7) is 3.55. The fraction of sp³-hybridized carbons (Fsp3) is 0.538. The van der Waals surface area contributed by atoms with Crippen LogP contribution in [0.3, 0.4) is 0 Å². The zero-order chi connectivity index (χ0) is 14.3. The Balaban J connectivity index is 2.77. The molecule has 0 aliphatic carbocycles. The lowest BCUT2D eigenvalue weighted by Crippen LogP contribution is -2.34. The first-order valence-corrected chi connectivity index (χ1v) is 6.64. The van der Waals surface area contributed by atoms with Gasteiger partial charge >= 0.3 is 6.09 Å². The minimum absolute atomic E-state index is 0.337. The molecule has 0 spiro atoms. The van der Waals surface area contributed by atoms with Gasteiger partial charge in [-0.25, -0.2) is 9.78 Å². The number of nitrogens with zero attached hydrogens (tertiary/aromatic N) is 3. The molecule has 1 aromatic heterocycles. The van der Waals surface area contributed by atoms with Gasteiger partial charge in [-0.3, -0.25) is 4.90 Å². The largest absolute Gasteiger partial charge is 0.449 e. The summed E-state index contributed by atoms with van der Waals surface area (Å²) in [5, 5.41) is 0.361. The first kappa shape index (κ1) is 15.7. The number of aromatic nitrogens is 1. The topological polar surface area (TPSA) is 45.7 Å². The van der Waals surface area contributed by atoms with Gasteiger partial charge in [-0.15, -0.1) is 0 Å². The predicted molar refractivity (Wildman–Crippen MR) is 76.8 cm³/mol. The van der Waals surface area contributed by atoms with Crippen LogP contribution >= 0.6 is 11.6 Å². The maximum Gasteiger partial charge on any atom is 0.415 e. The first-order chi connectivity index (χ1) is 9.04. The van der Waals surface area contributed by atoms with Crippen LogP contribution < -0.4 is 4.90 Å². The van der Waals surface area contributed by atoms with E-state index in [9.17, 15) is 4.79 Å². The summed E-state index contributed by atoms with van der Waals surface area (Å²) in [4.78, 5) is 19.7. The van der Waals surface area contributed by atoms with Gasteiger partial charge in [0.25, 0.3) is 0 Å². The highest BCUT2D eigenvalue weighted by atomic mass is 35.5. The molecule has 0 fully saturated rings. The Hall–Kier alpha value is -1.33. The van der Waals surface area contributed by atoms with Crippen molar-refractivity contribution in [3.63, 3.8) is 0 Å². The Kier molecular flexibility index (Phi) is 6.59. The van der Waals surface area contributed by atoms with Crippen LogP contribution in [0.4, 0.5) is 10.6 Å². The molecule has 106 valence electrons. The van der Waals surface area contributed by atoms with Crippen molar-refractivity contribution in [1.82, 2.24) is 9.88 Å². The average Bonchev–Trinajstić information content (AvgIpc) is 2.34. The predicted octanol–water partition coefficient (Wildman–Crippen LogP) is 2.65. The Bertz CT molecular complexity index is 413. The van der Waals surface area contributed by atoms with Gasteiger partial charge in [0, 0.05) is 6.54 Å². The number of anilines is 1. The molecule has 0 radical (unpaired) electrons. The van der Waals surface area contributed by atoms with Gasteiger partial charge in [-0.1, -0.05) is 17.7 Å². The molecule has 0 N–H and O–H groups in total. The second kappa shape index (κ2) is 7.96. The molecular formula is C13H20ClN3O2. The van der Waals surface area contributed by atoms with E-state index in [1.54, 1.807) is 25.1 Å². The summed E-state index contributed by atoms with van der Waals surface area (Å²) in [6.07, 6.45) is 0.441. The summed E-state index contributed by atoms with van der Waals surface area (Å²) >= 11 is 5.86. The van der Waals surface area contributed by atoms with Crippen LogP contribution in [0.2, 0.25) is 5.15 Å². The van der Waals surface area contributed by atoms with Crippen LogP contribution in [0.1, 0.15) is 13.3 Å². The molecule has 19 heavy (non-hydrogen) atoms. The molecule has 1 amide bonds. The number of hydrogen-bond donors (Lipinski definition) is 0. The summed E-state index contributed by atoms with van der Waals surface area (Å²) in [5.41, 5.74) is 0. The molecule has 0 atom stereocenters. The maximum atomic E-state index is 11.9. The van der Waals surface area contributed by atoms with Crippen molar-refractivity contribution in [2.45, 2.75) is 13.3 Å². The van der Waals surface area contributed by atoms with E-state index in [0.717, 1.165) is 13.0 Å². The van der Waals surface area contributed by atoms with Gasteiger partial charge in [0.1, 0.15) is 11.0 Å². The molecule has 1 aromatic rings. The third kappa shape index (κ3) is 5.44. The van der Waals surface area contributed by atoms with Crippen LogP contribution in [0.25, 0.3) is 0 Å². The normalized spacial score (nSPS) is 10.6. The summed E-state index contributed by atoms with van der Waals surface area (Å²) < 4.78 is 5.05. The summed E-state index contributed by atoms with van der Waals surface area (Å²) in [6, 6.07) is 5.19. The molecular weight excluding hydrogens is 266 g/mol. The van der Waals surface area contributed by atoms with Gasteiger partial charge in [0.15, 0.2) is 0 Å². The van der Waals surface area contributed by atoms with E-state index < -0.39 is 6.09 Å². The zero-order valence-corrected chi connectivity index (χ0v) is 12.4. The van der Waals surface area contributed by atoms with E-state index in [1.165, 1.54) is 4.90 Å². The highest BCUT2D eigenvalue weighted by molar-refractivity contribution is 6.29. The lowest BCUT2D eigenvalue weighted by molar-refractivity contribution is 0.159. The number of halogens is 1. The third-order valence-electron chi connectivity index (χ3n) is 2.45. The molecule has 1 rings (SSSR count). The standard InChI is InChI=1S/C13H20ClN3O2/c1-4-19-13(18)17(10-6-9-16(2)3)12-8-5-7-11(14)15-12/h5,7-8H,4,6,9-10H2,1-3H3. The van der Waals surface area contributed by atoms with E-state index >= 15 is 0 Å². The second-order valence-corrected chi connectivity index (χ2v) is 4.71. The van der Waals surface area contributed by atoms with Crippen molar-refractivity contribution in [2.75, 3.05) is 38.7 Å². The minimum atomic E-state index is -0.393. The molecule has 6 heteroatoms. The lowest BCUT2D eigenvalue weighted by atomic mass is 10.3. The van der Waals surface area contributed by atoms with Crippen LogP contribution in [0.5, 0.6) is 0 Å². The third-order valence-corrected chi connectivity index (χ3v) is 2.66. The monoisotopic (exact) mass is 285 g/mol. The number of amides is 1. The SMILES string of the molecule is CCOC(=O)N(CCCN(C)C)c1cccc(Cl)n1. The van der Waals surface area contributed by atoms with Gasteiger partial charge in [0.05, 0.1) is 6.61 Å². The van der Waals surface area contributed by atoms with Crippen molar-refractivity contribution >= 4 is 23.5 Å². The van der Waals surface area contributed by atoms with Gasteiger partial charge < -0.3 is 9.64 Å². The Morgan fingerprint density at radius 1 is 1.37 bits per heavy atom. The van der Waals surface area contributed by atoms with Crippen molar-refractivity contribution in [2.24, 2.45) is 0 Å². The molecule has 0 bridgehead atoms. The van der Waals surface area contributed by atoms with Crippen LogP contribution in [-0.4, -0.2) is 49.8 Å². The Morgan fingerprint density at radius 3 is 2.68 bits per heavy atom. The fourth-order valence-corrected chi connectivity index (χ4v) is 1.75. The van der Waals surface area contributed by atoms with Crippen molar-refractivity contribution in [3.05, 3.63) is 23.4 Å². The highest BCUT2D eigenvalue weighted by Crippen LogP contribution is 2.16. The highest BCUT2D eigenvalue weighted by Gasteiger charge is 2.18. The first-order valence-electron chi connectivity index (χ1n) is 6.26. The number of ether oxygens (including phenoxy) is 1. The second-order valence-electron chi connectivity index (χ2n) is 4.33. The van der Waals surface area contributed by atoms with E-state index in [2.05, 4.69) is 9.88 Å².